The van der Waals surface area contributed by atoms with Crippen LogP contribution in [0.25, 0.3) is 0 Å². The molecule has 0 aliphatic carbocycles. The van der Waals surface area contributed by atoms with Gasteiger partial charge >= 0.3 is 0 Å². The van der Waals surface area contributed by atoms with Crippen LogP contribution in [0.2, 0.25) is 0 Å². The summed E-state index contributed by atoms with van der Waals surface area (Å²) in [7, 11) is 2.18. The lowest BCUT2D eigenvalue weighted by Crippen LogP contribution is -2.38. The third-order valence-corrected chi connectivity index (χ3v) is 4.28. The summed E-state index contributed by atoms with van der Waals surface area (Å²) in [5.41, 5.74) is 6.83. The number of thiophene rings is 1. The molecule has 0 saturated heterocycles. The zero-order valence-electron chi connectivity index (χ0n) is 12.1. The molecule has 1 heterocycles. The lowest BCUT2D eigenvalue weighted by molar-refractivity contribution is 0.135. The van der Waals surface area contributed by atoms with Crippen molar-refractivity contribution in [3.05, 3.63) is 21.9 Å². The molecule has 1 aromatic rings. The molecule has 2 nitrogen and oxygen atoms in total. The van der Waals surface area contributed by atoms with E-state index in [0.717, 1.165) is 12.1 Å². The molecule has 1 atom stereocenters. The number of nitrogens with zero attached hydrogens (tertiary/aromatic N) is 1. The van der Waals surface area contributed by atoms with Gasteiger partial charge in [-0.3, -0.25) is 4.90 Å². The Morgan fingerprint density at radius 3 is 2.67 bits per heavy atom. The summed E-state index contributed by atoms with van der Waals surface area (Å²) < 4.78 is 0. The second-order valence-electron chi connectivity index (χ2n) is 5.72. The molecule has 0 aromatic carbocycles. The normalized spacial score (nSPS) is 13.3. The fourth-order valence-electron chi connectivity index (χ4n) is 1.75. The van der Waals surface area contributed by atoms with Crippen molar-refractivity contribution in [2.24, 2.45) is 11.1 Å². The van der Waals surface area contributed by atoms with Gasteiger partial charge in [0.25, 0.3) is 0 Å². The smallest absolute Gasteiger partial charge is 0.0555 e. The average molecular weight is 264 g/mol. The van der Waals surface area contributed by atoms with E-state index in [9.17, 15) is 0 Å². The Hall–Kier alpha value is -0.820. The number of hydrogen-bond donors (Lipinski definition) is 1. The highest BCUT2D eigenvalue weighted by molar-refractivity contribution is 7.10. The molecular weight excluding hydrogens is 240 g/mol. The van der Waals surface area contributed by atoms with Gasteiger partial charge in [0.1, 0.15) is 0 Å². The molecule has 0 radical (unpaired) electrons. The van der Waals surface area contributed by atoms with E-state index in [2.05, 4.69) is 62.9 Å². The Morgan fingerprint density at radius 1 is 1.44 bits per heavy atom. The van der Waals surface area contributed by atoms with E-state index in [-0.39, 0.29) is 5.41 Å². The third-order valence-electron chi connectivity index (χ3n) is 3.38. The van der Waals surface area contributed by atoms with Gasteiger partial charge < -0.3 is 5.73 Å². The van der Waals surface area contributed by atoms with Crippen molar-refractivity contribution < 1.29 is 0 Å². The first kappa shape index (κ1) is 15.2. The van der Waals surface area contributed by atoms with Gasteiger partial charge in [-0.25, -0.2) is 0 Å². The van der Waals surface area contributed by atoms with Gasteiger partial charge in [0.15, 0.2) is 0 Å². The minimum atomic E-state index is 0.287. The van der Waals surface area contributed by atoms with Crippen LogP contribution in [0.5, 0.6) is 0 Å². The Morgan fingerprint density at radius 2 is 2.11 bits per heavy atom. The molecule has 0 amide bonds. The van der Waals surface area contributed by atoms with Gasteiger partial charge in [-0.1, -0.05) is 32.6 Å². The number of rotatable bonds is 3. The monoisotopic (exact) mass is 264 g/mol. The Labute approximate surface area is 115 Å². The van der Waals surface area contributed by atoms with Crippen LogP contribution in [-0.4, -0.2) is 24.5 Å². The zero-order valence-corrected chi connectivity index (χ0v) is 12.9. The predicted octanol–water partition coefficient (Wildman–Crippen LogP) is 2.92. The van der Waals surface area contributed by atoms with Crippen LogP contribution in [0, 0.1) is 17.3 Å². The minimum Gasteiger partial charge on any atom is -0.320 e. The molecule has 0 fully saturated rings. The second kappa shape index (κ2) is 6.38. The number of nitrogens with two attached hydrogens (primary N) is 1. The fraction of sp³-hybridized carbons (Fsp3) is 0.600. The van der Waals surface area contributed by atoms with Crippen molar-refractivity contribution in [2.45, 2.75) is 40.3 Å². The van der Waals surface area contributed by atoms with Crippen molar-refractivity contribution in [2.75, 3.05) is 13.6 Å². The predicted molar refractivity (Wildman–Crippen MR) is 80.6 cm³/mol. The molecule has 2 N–H and O–H groups in total. The van der Waals surface area contributed by atoms with Crippen molar-refractivity contribution >= 4 is 11.3 Å². The van der Waals surface area contributed by atoms with Crippen molar-refractivity contribution in [3.63, 3.8) is 0 Å². The fourth-order valence-corrected chi connectivity index (χ4v) is 2.64. The van der Waals surface area contributed by atoms with Crippen LogP contribution in [0.4, 0.5) is 0 Å². The lowest BCUT2D eigenvalue weighted by atomic mass is 9.87. The Bertz CT molecular complexity index is 431. The standard InChI is InChI=1S/C15H24N2S/c1-12(15(2,3)4)17(5)11-14-13(7-6-9-16)8-10-18-14/h8,10,12H,9,11,16H2,1-5H3. The van der Waals surface area contributed by atoms with Gasteiger partial charge in [-0.2, -0.15) is 0 Å². The van der Waals surface area contributed by atoms with Crippen LogP contribution < -0.4 is 5.73 Å². The molecule has 1 unspecified atom stereocenters. The molecule has 0 aliphatic heterocycles. The molecule has 18 heavy (non-hydrogen) atoms. The molecule has 0 bridgehead atoms. The topological polar surface area (TPSA) is 29.3 Å². The summed E-state index contributed by atoms with van der Waals surface area (Å²) in [6, 6.07) is 2.60. The molecule has 1 aromatic heterocycles. The van der Waals surface area contributed by atoms with E-state index in [4.69, 9.17) is 5.73 Å². The van der Waals surface area contributed by atoms with E-state index < -0.39 is 0 Å². The molecule has 3 heteroatoms. The zero-order chi connectivity index (χ0) is 13.8. The summed E-state index contributed by atoms with van der Waals surface area (Å²) >= 11 is 1.77. The largest absolute Gasteiger partial charge is 0.320 e. The van der Waals surface area contributed by atoms with Gasteiger partial charge in [-0.15, -0.1) is 11.3 Å². The van der Waals surface area contributed by atoms with Crippen LogP contribution in [-0.2, 0) is 6.54 Å². The van der Waals surface area contributed by atoms with E-state index in [1.807, 2.05) is 0 Å². The molecule has 0 spiro atoms. The van der Waals surface area contributed by atoms with E-state index in [1.54, 1.807) is 11.3 Å². The summed E-state index contributed by atoms with van der Waals surface area (Å²) in [5, 5.41) is 2.10. The van der Waals surface area contributed by atoms with Crippen LogP contribution in [0.1, 0.15) is 38.1 Å². The van der Waals surface area contributed by atoms with E-state index >= 15 is 0 Å². The van der Waals surface area contributed by atoms with Crippen molar-refractivity contribution in [1.82, 2.24) is 4.90 Å². The maximum absolute atomic E-state index is 5.42. The molecule has 0 saturated carbocycles. The summed E-state index contributed by atoms with van der Waals surface area (Å²) in [6.45, 7) is 10.5. The summed E-state index contributed by atoms with van der Waals surface area (Å²) in [5.74, 6) is 6.07. The third kappa shape index (κ3) is 4.13. The Balaban J connectivity index is 2.76. The van der Waals surface area contributed by atoms with Gasteiger partial charge in [0, 0.05) is 23.0 Å². The maximum Gasteiger partial charge on any atom is 0.0555 e. The highest BCUT2D eigenvalue weighted by atomic mass is 32.1. The van der Waals surface area contributed by atoms with Gasteiger partial charge in [-0.05, 0) is 30.8 Å². The first-order valence-corrected chi connectivity index (χ1v) is 7.19. The number of hydrogen-bond acceptors (Lipinski definition) is 3. The lowest BCUT2D eigenvalue weighted by Gasteiger charge is -2.35. The van der Waals surface area contributed by atoms with E-state index in [1.165, 1.54) is 4.88 Å². The van der Waals surface area contributed by atoms with Crippen molar-refractivity contribution in [1.29, 1.82) is 0 Å². The second-order valence-corrected chi connectivity index (χ2v) is 6.72. The minimum absolute atomic E-state index is 0.287. The van der Waals surface area contributed by atoms with Crippen molar-refractivity contribution in [3.8, 4) is 11.8 Å². The average Bonchev–Trinajstić information content (AvgIpc) is 2.71. The highest BCUT2D eigenvalue weighted by Gasteiger charge is 2.24. The van der Waals surface area contributed by atoms with Crippen LogP contribution in [0.3, 0.4) is 0 Å². The Kier molecular flexibility index (Phi) is 5.40. The maximum atomic E-state index is 5.42. The SMILES string of the molecule is CC(N(C)Cc1sccc1C#CCN)C(C)(C)C. The summed E-state index contributed by atoms with van der Waals surface area (Å²) in [6.07, 6.45) is 0. The molecule has 0 aliphatic rings. The molecule has 100 valence electrons. The molecule has 1 rings (SSSR count). The summed E-state index contributed by atoms with van der Waals surface area (Å²) in [4.78, 5) is 3.72. The van der Waals surface area contributed by atoms with Crippen LogP contribution >= 0.6 is 11.3 Å². The first-order chi connectivity index (χ1) is 8.36. The van der Waals surface area contributed by atoms with Gasteiger partial charge in [0.05, 0.1) is 6.54 Å². The quantitative estimate of drug-likeness (QED) is 0.851. The first-order valence-electron chi connectivity index (χ1n) is 6.31. The van der Waals surface area contributed by atoms with Crippen LogP contribution in [0.15, 0.2) is 11.4 Å². The van der Waals surface area contributed by atoms with Gasteiger partial charge in [0.2, 0.25) is 0 Å². The molecular formula is C15H24N2S. The van der Waals surface area contributed by atoms with E-state index in [0.29, 0.717) is 12.6 Å². The highest BCUT2D eigenvalue weighted by Crippen LogP contribution is 2.26.